The molecule has 3 fully saturated rings. The first-order valence-electron chi connectivity index (χ1n) is 9.66. The van der Waals surface area contributed by atoms with Gasteiger partial charge in [-0.15, -0.1) is 0 Å². The van der Waals surface area contributed by atoms with Crippen molar-refractivity contribution >= 4 is 11.8 Å². The summed E-state index contributed by atoms with van der Waals surface area (Å²) in [6.45, 7) is 5.82. The number of aromatic nitrogens is 1. The number of ether oxygens (including phenoxy) is 1. The molecule has 3 aliphatic heterocycles. The van der Waals surface area contributed by atoms with Crippen LogP contribution in [0.5, 0.6) is 0 Å². The molecular weight excluding hydrogens is 330 g/mol. The highest BCUT2D eigenvalue weighted by Crippen LogP contribution is 2.41. The highest BCUT2D eigenvalue weighted by atomic mass is 16.5. The second kappa shape index (κ2) is 6.99. The van der Waals surface area contributed by atoms with E-state index >= 15 is 0 Å². The molecule has 6 heteroatoms. The normalized spacial score (nSPS) is 29.0. The molecule has 3 saturated heterocycles. The van der Waals surface area contributed by atoms with Gasteiger partial charge in [0.2, 0.25) is 11.8 Å². The van der Waals surface area contributed by atoms with Crippen molar-refractivity contribution < 1.29 is 14.3 Å². The van der Waals surface area contributed by atoms with Gasteiger partial charge in [0, 0.05) is 31.9 Å². The van der Waals surface area contributed by atoms with Crippen molar-refractivity contribution in [1.29, 1.82) is 0 Å². The van der Waals surface area contributed by atoms with Gasteiger partial charge in [-0.05, 0) is 44.7 Å². The maximum atomic E-state index is 13.2. The number of piperidine rings is 1. The molecule has 0 radical (unpaired) electrons. The summed E-state index contributed by atoms with van der Waals surface area (Å²) in [5, 5.41) is 0. The van der Waals surface area contributed by atoms with E-state index in [9.17, 15) is 9.59 Å². The second-order valence-electron chi connectivity index (χ2n) is 7.95. The zero-order valence-corrected chi connectivity index (χ0v) is 15.4. The third kappa shape index (κ3) is 3.22. The molecular formula is C20H27N3O3. The monoisotopic (exact) mass is 357 g/mol. The summed E-state index contributed by atoms with van der Waals surface area (Å²) in [7, 11) is 0. The molecule has 26 heavy (non-hydrogen) atoms. The Bertz CT molecular complexity index is 701. The second-order valence-corrected chi connectivity index (χ2v) is 7.95. The van der Waals surface area contributed by atoms with Crippen LogP contribution >= 0.6 is 0 Å². The van der Waals surface area contributed by atoms with Crippen molar-refractivity contribution in [2.75, 3.05) is 32.8 Å². The van der Waals surface area contributed by atoms with E-state index in [1.807, 2.05) is 34.9 Å². The average molecular weight is 357 g/mol. The number of hydrogen-bond acceptors (Lipinski definition) is 4. The molecule has 0 aromatic carbocycles. The van der Waals surface area contributed by atoms with Gasteiger partial charge in [0.15, 0.2) is 0 Å². The topological polar surface area (TPSA) is 62.7 Å². The fourth-order valence-corrected chi connectivity index (χ4v) is 4.61. The predicted octanol–water partition coefficient (Wildman–Crippen LogP) is 1.77. The molecule has 0 unspecified atom stereocenters. The summed E-state index contributed by atoms with van der Waals surface area (Å²) in [5.74, 6) is 0.350. The Morgan fingerprint density at radius 1 is 1.35 bits per heavy atom. The smallest absolute Gasteiger partial charge is 0.231 e. The first-order chi connectivity index (χ1) is 12.6. The number of carbonyl (C=O) groups excluding carboxylic acids is 2. The van der Waals surface area contributed by atoms with E-state index in [0.717, 1.165) is 50.2 Å². The van der Waals surface area contributed by atoms with Crippen LogP contribution in [0, 0.1) is 18.3 Å². The van der Waals surface area contributed by atoms with E-state index in [2.05, 4.69) is 4.98 Å². The Labute approximate surface area is 154 Å². The minimum atomic E-state index is -0.392. The van der Waals surface area contributed by atoms with Crippen molar-refractivity contribution in [1.82, 2.24) is 14.8 Å². The molecule has 6 nitrogen and oxygen atoms in total. The summed E-state index contributed by atoms with van der Waals surface area (Å²) in [6, 6.07) is 5.93. The third-order valence-corrected chi connectivity index (χ3v) is 6.07. The maximum absolute atomic E-state index is 13.2. The first-order valence-corrected chi connectivity index (χ1v) is 9.66. The van der Waals surface area contributed by atoms with Crippen LogP contribution in [-0.2, 0) is 20.9 Å². The van der Waals surface area contributed by atoms with Gasteiger partial charge in [-0.25, -0.2) is 0 Å². The maximum Gasteiger partial charge on any atom is 0.231 e. The largest absolute Gasteiger partial charge is 0.381 e. The van der Waals surface area contributed by atoms with Crippen molar-refractivity contribution in [3.05, 3.63) is 29.6 Å². The van der Waals surface area contributed by atoms with Crippen LogP contribution in [0.25, 0.3) is 0 Å². The summed E-state index contributed by atoms with van der Waals surface area (Å²) >= 11 is 0. The summed E-state index contributed by atoms with van der Waals surface area (Å²) in [4.78, 5) is 34.3. The van der Waals surface area contributed by atoms with E-state index in [1.54, 1.807) is 0 Å². The Morgan fingerprint density at radius 2 is 2.23 bits per heavy atom. The Kier molecular flexibility index (Phi) is 4.69. The van der Waals surface area contributed by atoms with Crippen molar-refractivity contribution in [2.45, 2.75) is 39.2 Å². The van der Waals surface area contributed by atoms with E-state index in [1.165, 1.54) is 0 Å². The lowest BCUT2D eigenvalue weighted by atomic mass is 9.78. The van der Waals surface area contributed by atoms with Gasteiger partial charge in [0.25, 0.3) is 0 Å². The number of rotatable bonds is 3. The van der Waals surface area contributed by atoms with E-state index < -0.39 is 5.41 Å². The molecule has 0 aliphatic carbocycles. The Morgan fingerprint density at radius 3 is 3.00 bits per heavy atom. The minimum absolute atomic E-state index is 0.0192. The quantitative estimate of drug-likeness (QED) is 0.827. The lowest BCUT2D eigenvalue weighted by molar-refractivity contribution is -0.145. The van der Waals surface area contributed by atoms with Gasteiger partial charge in [0.1, 0.15) is 0 Å². The standard InChI is InChI=1S/C20H27N3O3/c1-15-4-2-5-17(21-15)12-22-10-8-20(19(22)25)7-3-9-23(14-20)18(24)16-6-11-26-13-16/h2,4-5,16H,3,6-14H2,1H3/t16-,20+/m1/s1. The first kappa shape index (κ1) is 17.5. The van der Waals surface area contributed by atoms with Crippen LogP contribution in [-0.4, -0.2) is 59.4 Å². The van der Waals surface area contributed by atoms with Gasteiger partial charge in [-0.3, -0.25) is 14.6 Å². The number of pyridine rings is 1. The molecule has 1 aromatic heterocycles. The van der Waals surface area contributed by atoms with Crippen LogP contribution in [0.4, 0.5) is 0 Å². The SMILES string of the molecule is Cc1cccc(CN2CC[C@]3(CCCN(C(=O)[C@@H]4CCOC4)C3)C2=O)n1. The number of amides is 2. The number of aryl methyl sites for hydroxylation is 1. The van der Waals surface area contributed by atoms with Gasteiger partial charge >= 0.3 is 0 Å². The molecule has 0 N–H and O–H groups in total. The number of carbonyl (C=O) groups is 2. The minimum Gasteiger partial charge on any atom is -0.381 e. The highest BCUT2D eigenvalue weighted by Gasteiger charge is 2.50. The molecule has 4 heterocycles. The Balaban J connectivity index is 1.44. The number of hydrogen-bond donors (Lipinski definition) is 0. The zero-order chi connectivity index (χ0) is 18.1. The predicted molar refractivity (Wildman–Crippen MR) is 96.2 cm³/mol. The van der Waals surface area contributed by atoms with E-state index in [4.69, 9.17) is 4.74 Å². The van der Waals surface area contributed by atoms with Gasteiger partial charge in [-0.2, -0.15) is 0 Å². The average Bonchev–Trinajstić information content (AvgIpc) is 3.27. The highest BCUT2D eigenvalue weighted by molar-refractivity contribution is 5.87. The molecule has 140 valence electrons. The Hall–Kier alpha value is -1.95. The van der Waals surface area contributed by atoms with Crippen LogP contribution in [0.3, 0.4) is 0 Å². The summed E-state index contributed by atoms with van der Waals surface area (Å²) < 4.78 is 5.37. The molecule has 2 amide bonds. The van der Waals surface area contributed by atoms with Crippen LogP contribution in [0.15, 0.2) is 18.2 Å². The molecule has 0 saturated carbocycles. The molecule has 4 rings (SSSR count). The van der Waals surface area contributed by atoms with Crippen LogP contribution < -0.4 is 0 Å². The number of nitrogens with zero attached hydrogens (tertiary/aromatic N) is 3. The van der Waals surface area contributed by atoms with Crippen molar-refractivity contribution in [3.8, 4) is 0 Å². The lowest BCUT2D eigenvalue weighted by Crippen LogP contribution is -2.51. The fourth-order valence-electron chi connectivity index (χ4n) is 4.61. The van der Waals surface area contributed by atoms with Crippen LogP contribution in [0.2, 0.25) is 0 Å². The lowest BCUT2D eigenvalue weighted by Gasteiger charge is -2.39. The molecule has 1 aromatic rings. The van der Waals surface area contributed by atoms with Gasteiger partial charge in [-0.1, -0.05) is 6.07 Å². The zero-order valence-electron chi connectivity index (χ0n) is 15.4. The van der Waals surface area contributed by atoms with Crippen molar-refractivity contribution in [2.24, 2.45) is 11.3 Å². The van der Waals surface area contributed by atoms with Crippen LogP contribution in [0.1, 0.15) is 37.1 Å². The van der Waals surface area contributed by atoms with E-state index in [0.29, 0.717) is 26.3 Å². The van der Waals surface area contributed by atoms with E-state index in [-0.39, 0.29) is 17.7 Å². The van der Waals surface area contributed by atoms with Gasteiger partial charge < -0.3 is 14.5 Å². The summed E-state index contributed by atoms with van der Waals surface area (Å²) in [5.41, 5.74) is 1.51. The summed E-state index contributed by atoms with van der Waals surface area (Å²) in [6.07, 6.45) is 3.43. The molecule has 1 spiro atoms. The third-order valence-electron chi connectivity index (χ3n) is 6.07. The molecule has 2 atom stereocenters. The number of likely N-dealkylation sites (tertiary alicyclic amines) is 2. The molecule has 3 aliphatic rings. The van der Waals surface area contributed by atoms with Crippen molar-refractivity contribution in [3.63, 3.8) is 0 Å². The fraction of sp³-hybridized carbons (Fsp3) is 0.650. The van der Waals surface area contributed by atoms with Gasteiger partial charge in [0.05, 0.1) is 30.2 Å². The molecule has 0 bridgehead atoms.